The standard InChI is InChI=1S/C16H21NO2/c1-19-16(18)15(12-6-7-12)17-14-9-8-11-4-2-3-5-13(11)10-14/h2-5,12,14-15,17H,6-10H2,1H3. The third-order valence-electron chi connectivity index (χ3n) is 4.31. The number of hydrogen-bond donors (Lipinski definition) is 1. The summed E-state index contributed by atoms with van der Waals surface area (Å²) >= 11 is 0. The third kappa shape index (κ3) is 2.81. The molecular weight excluding hydrogens is 238 g/mol. The van der Waals surface area contributed by atoms with Crippen LogP contribution in [0.4, 0.5) is 0 Å². The predicted molar refractivity (Wildman–Crippen MR) is 73.9 cm³/mol. The van der Waals surface area contributed by atoms with Crippen LogP contribution in [-0.4, -0.2) is 25.2 Å². The Labute approximate surface area is 114 Å². The number of fused-ring (bicyclic) bond motifs is 1. The van der Waals surface area contributed by atoms with Crippen LogP contribution in [0.15, 0.2) is 24.3 Å². The summed E-state index contributed by atoms with van der Waals surface area (Å²) in [5.74, 6) is 0.394. The van der Waals surface area contributed by atoms with E-state index in [4.69, 9.17) is 4.74 Å². The fraction of sp³-hybridized carbons (Fsp3) is 0.562. The van der Waals surface area contributed by atoms with Gasteiger partial charge in [-0.3, -0.25) is 4.79 Å². The van der Waals surface area contributed by atoms with Crippen molar-refractivity contribution in [3.63, 3.8) is 0 Å². The van der Waals surface area contributed by atoms with Crippen LogP contribution in [0.25, 0.3) is 0 Å². The zero-order valence-electron chi connectivity index (χ0n) is 11.4. The summed E-state index contributed by atoms with van der Waals surface area (Å²) in [6.45, 7) is 0. The molecule has 2 atom stereocenters. The van der Waals surface area contributed by atoms with E-state index in [-0.39, 0.29) is 12.0 Å². The molecule has 0 saturated heterocycles. The second-order valence-electron chi connectivity index (χ2n) is 5.71. The quantitative estimate of drug-likeness (QED) is 0.841. The van der Waals surface area contributed by atoms with Gasteiger partial charge in [-0.05, 0) is 49.1 Å². The Bertz CT molecular complexity index is 468. The van der Waals surface area contributed by atoms with Crippen molar-refractivity contribution in [2.75, 3.05) is 7.11 Å². The molecule has 19 heavy (non-hydrogen) atoms. The van der Waals surface area contributed by atoms with Gasteiger partial charge in [-0.25, -0.2) is 0 Å². The number of benzene rings is 1. The van der Waals surface area contributed by atoms with E-state index in [1.54, 1.807) is 0 Å². The van der Waals surface area contributed by atoms with Gasteiger partial charge in [0.15, 0.2) is 0 Å². The highest BCUT2D eigenvalue weighted by molar-refractivity contribution is 5.76. The van der Waals surface area contributed by atoms with Gasteiger partial charge in [0.2, 0.25) is 0 Å². The smallest absolute Gasteiger partial charge is 0.323 e. The van der Waals surface area contributed by atoms with Crippen LogP contribution >= 0.6 is 0 Å². The van der Waals surface area contributed by atoms with E-state index in [9.17, 15) is 4.79 Å². The minimum atomic E-state index is -0.0970. The second kappa shape index (κ2) is 5.33. The van der Waals surface area contributed by atoms with Gasteiger partial charge in [0.05, 0.1) is 7.11 Å². The molecule has 0 bridgehead atoms. The SMILES string of the molecule is COC(=O)C(NC1CCc2ccccc2C1)C1CC1. The van der Waals surface area contributed by atoms with Crippen molar-refractivity contribution in [3.05, 3.63) is 35.4 Å². The molecule has 102 valence electrons. The lowest BCUT2D eigenvalue weighted by molar-refractivity contribution is -0.144. The molecule has 1 aromatic carbocycles. The van der Waals surface area contributed by atoms with E-state index in [1.165, 1.54) is 18.2 Å². The van der Waals surface area contributed by atoms with Gasteiger partial charge in [0.1, 0.15) is 6.04 Å². The minimum absolute atomic E-state index is 0.0960. The molecule has 3 rings (SSSR count). The van der Waals surface area contributed by atoms with Crippen molar-refractivity contribution in [3.8, 4) is 0 Å². The van der Waals surface area contributed by atoms with Gasteiger partial charge in [0.25, 0.3) is 0 Å². The first-order chi connectivity index (χ1) is 9.28. The first-order valence-electron chi connectivity index (χ1n) is 7.18. The molecule has 1 N–H and O–H groups in total. The Hall–Kier alpha value is -1.35. The molecular formula is C16H21NO2. The molecule has 1 aromatic rings. The van der Waals surface area contributed by atoms with Crippen molar-refractivity contribution in [2.45, 2.75) is 44.2 Å². The molecule has 0 spiro atoms. The van der Waals surface area contributed by atoms with Crippen molar-refractivity contribution in [2.24, 2.45) is 5.92 Å². The molecule has 0 aromatic heterocycles. The number of nitrogens with one attached hydrogen (secondary N) is 1. The number of rotatable bonds is 4. The van der Waals surface area contributed by atoms with E-state index in [1.807, 2.05) is 0 Å². The lowest BCUT2D eigenvalue weighted by atomic mass is 9.88. The molecule has 0 heterocycles. The highest BCUT2D eigenvalue weighted by Crippen LogP contribution is 2.34. The molecule has 2 aliphatic rings. The van der Waals surface area contributed by atoms with Crippen LogP contribution in [0, 0.1) is 5.92 Å². The highest BCUT2D eigenvalue weighted by Gasteiger charge is 2.38. The number of aryl methyl sites for hydroxylation is 1. The summed E-state index contributed by atoms with van der Waals surface area (Å²) in [5, 5.41) is 3.53. The van der Waals surface area contributed by atoms with Gasteiger partial charge in [-0.15, -0.1) is 0 Å². The zero-order chi connectivity index (χ0) is 13.2. The summed E-state index contributed by atoms with van der Waals surface area (Å²) < 4.78 is 4.92. The summed E-state index contributed by atoms with van der Waals surface area (Å²) in [6, 6.07) is 8.92. The fourth-order valence-corrected chi connectivity index (χ4v) is 3.05. The molecule has 3 heteroatoms. The van der Waals surface area contributed by atoms with Gasteiger partial charge < -0.3 is 10.1 Å². The number of carbonyl (C=O) groups excluding carboxylic acids is 1. The Balaban J connectivity index is 1.66. The van der Waals surface area contributed by atoms with E-state index in [0.717, 1.165) is 32.1 Å². The topological polar surface area (TPSA) is 38.3 Å². The van der Waals surface area contributed by atoms with Crippen molar-refractivity contribution < 1.29 is 9.53 Å². The Morgan fingerprint density at radius 1 is 1.26 bits per heavy atom. The molecule has 2 aliphatic carbocycles. The fourth-order valence-electron chi connectivity index (χ4n) is 3.05. The lowest BCUT2D eigenvalue weighted by Gasteiger charge is -2.28. The molecule has 1 fully saturated rings. The average molecular weight is 259 g/mol. The normalized spacial score (nSPS) is 23.5. The lowest BCUT2D eigenvalue weighted by Crippen LogP contribution is -2.47. The maximum absolute atomic E-state index is 11.8. The zero-order valence-corrected chi connectivity index (χ0v) is 11.4. The minimum Gasteiger partial charge on any atom is -0.468 e. The summed E-state index contributed by atoms with van der Waals surface area (Å²) in [6.07, 6.45) is 5.53. The number of methoxy groups -OCH3 is 1. The van der Waals surface area contributed by atoms with E-state index >= 15 is 0 Å². The van der Waals surface area contributed by atoms with E-state index in [0.29, 0.717) is 12.0 Å². The summed E-state index contributed by atoms with van der Waals surface area (Å²) in [7, 11) is 1.48. The summed E-state index contributed by atoms with van der Waals surface area (Å²) in [5.41, 5.74) is 2.88. The monoisotopic (exact) mass is 259 g/mol. The number of carbonyl (C=O) groups is 1. The Kier molecular flexibility index (Phi) is 3.56. The molecule has 0 aliphatic heterocycles. The van der Waals surface area contributed by atoms with Gasteiger partial charge in [0, 0.05) is 6.04 Å². The Morgan fingerprint density at radius 2 is 2.00 bits per heavy atom. The van der Waals surface area contributed by atoms with Crippen LogP contribution in [-0.2, 0) is 22.4 Å². The number of hydrogen-bond acceptors (Lipinski definition) is 3. The largest absolute Gasteiger partial charge is 0.468 e. The summed E-state index contributed by atoms with van der Waals surface area (Å²) in [4.78, 5) is 11.8. The van der Waals surface area contributed by atoms with Crippen LogP contribution in [0.2, 0.25) is 0 Å². The predicted octanol–water partition coefficient (Wildman–Crippen LogP) is 2.09. The molecule has 2 unspecified atom stereocenters. The number of esters is 1. The molecule has 3 nitrogen and oxygen atoms in total. The van der Waals surface area contributed by atoms with Crippen LogP contribution in [0.5, 0.6) is 0 Å². The van der Waals surface area contributed by atoms with Gasteiger partial charge in [-0.2, -0.15) is 0 Å². The molecule has 0 amide bonds. The van der Waals surface area contributed by atoms with Crippen molar-refractivity contribution >= 4 is 5.97 Å². The van der Waals surface area contributed by atoms with E-state index < -0.39 is 0 Å². The second-order valence-corrected chi connectivity index (χ2v) is 5.71. The molecule has 0 radical (unpaired) electrons. The average Bonchev–Trinajstić information content (AvgIpc) is 3.28. The van der Waals surface area contributed by atoms with Gasteiger partial charge in [-0.1, -0.05) is 24.3 Å². The van der Waals surface area contributed by atoms with Crippen LogP contribution < -0.4 is 5.32 Å². The van der Waals surface area contributed by atoms with Crippen molar-refractivity contribution in [1.82, 2.24) is 5.32 Å². The molecule has 1 saturated carbocycles. The first kappa shape index (κ1) is 12.7. The Morgan fingerprint density at radius 3 is 2.68 bits per heavy atom. The highest BCUT2D eigenvalue weighted by atomic mass is 16.5. The maximum atomic E-state index is 11.8. The first-order valence-corrected chi connectivity index (χ1v) is 7.18. The number of ether oxygens (including phenoxy) is 1. The van der Waals surface area contributed by atoms with Crippen molar-refractivity contribution in [1.29, 1.82) is 0 Å². The maximum Gasteiger partial charge on any atom is 0.323 e. The van der Waals surface area contributed by atoms with Gasteiger partial charge >= 0.3 is 5.97 Å². The third-order valence-corrected chi connectivity index (χ3v) is 4.31. The van der Waals surface area contributed by atoms with Crippen LogP contribution in [0.1, 0.15) is 30.4 Å². The van der Waals surface area contributed by atoms with Crippen LogP contribution in [0.3, 0.4) is 0 Å². The van der Waals surface area contributed by atoms with E-state index in [2.05, 4.69) is 29.6 Å².